The van der Waals surface area contributed by atoms with Gasteiger partial charge in [-0.05, 0) is 106 Å². The van der Waals surface area contributed by atoms with E-state index >= 15 is 0 Å². The van der Waals surface area contributed by atoms with Gasteiger partial charge in [0.05, 0.1) is 11.5 Å². The first kappa shape index (κ1) is 26.2. The Morgan fingerprint density at radius 3 is 1.86 bits per heavy atom. The van der Waals surface area contributed by atoms with E-state index in [0.717, 1.165) is 61.7 Å². The molecule has 1 aliphatic heterocycles. The van der Waals surface area contributed by atoms with E-state index in [4.69, 9.17) is 9.47 Å². The van der Waals surface area contributed by atoms with E-state index in [1.165, 1.54) is 11.8 Å². The molecular formula is C30H37NO4S. The lowest BCUT2D eigenvalue weighted by Gasteiger charge is -2.32. The van der Waals surface area contributed by atoms with Gasteiger partial charge in [0, 0.05) is 12.8 Å². The standard InChI is InChI=1S/C30H37NO4S/c1-30(2,3)35-28-11-5-23(6-12-28)21-31-19-17-24(18-20-31)22-34-27-13-7-25(8-14-27)26-9-15-29(16-10-26)36(4,32)33/h5-16,24H,17-22H2,1-4H3. The second kappa shape index (κ2) is 11.1. The van der Waals surface area contributed by atoms with E-state index in [1.54, 1.807) is 12.1 Å². The fraction of sp³-hybridized carbons (Fsp3) is 0.400. The van der Waals surface area contributed by atoms with Gasteiger partial charge in [-0.1, -0.05) is 36.4 Å². The molecule has 0 bridgehead atoms. The van der Waals surface area contributed by atoms with Crippen LogP contribution in [0, 0.1) is 5.92 Å². The van der Waals surface area contributed by atoms with E-state index in [0.29, 0.717) is 10.8 Å². The molecule has 0 radical (unpaired) electrons. The van der Waals surface area contributed by atoms with Crippen LogP contribution in [0.2, 0.25) is 0 Å². The molecule has 36 heavy (non-hydrogen) atoms. The first-order chi connectivity index (χ1) is 17.0. The summed E-state index contributed by atoms with van der Waals surface area (Å²) in [6, 6.07) is 23.5. The first-order valence-electron chi connectivity index (χ1n) is 12.6. The van der Waals surface area contributed by atoms with Gasteiger partial charge < -0.3 is 9.47 Å². The number of rotatable bonds is 8. The molecule has 6 heteroatoms. The van der Waals surface area contributed by atoms with Crippen LogP contribution in [0.25, 0.3) is 11.1 Å². The average Bonchev–Trinajstić information content (AvgIpc) is 2.84. The Hall–Kier alpha value is -2.83. The van der Waals surface area contributed by atoms with Crippen molar-refractivity contribution in [1.29, 1.82) is 0 Å². The minimum Gasteiger partial charge on any atom is -0.493 e. The Morgan fingerprint density at radius 1 is 0.806 bits per heavy atom. The Balaban J connectivity index is 1.21. The maximum absolute atomic E-state index is 11.7. The number of likely N-dealkylation sites (tertiary alicyclic amines) is 1. The van der Waals surface area contributed by atoms with Crippen LogP contribution in [-0.2, 0) is 16.4 Å². The monoisotopic (exact) mass is 507 g/mol. The van der Waals surface area contributed by atoms with Crippen LogP contribution < -0.4 is 9.47 Å². The van der Waals surface area contributed by atoms with Crippen molar-refractivity contribution < 1.29 is 17.9 Å². The molecule has 1 fully saturated rings. The normalized spacial score (nSPS) is 15.6. The van der Waals surface area contributed by atoms with E-state index in [1.807, 2.05) is 36.4 Å². The highest BCUT2D eigenvalue weighted by Gasteiger charge is 2.20. The molecule has 1 aliphatic rings. The quantitative estimate of drug-likeness (QED) is 0.362. The minimum atomic E-state index is -3.18. The molecule has 0 atom stereocenters. The van der Waals surface area contributed by atoms with Crippen LogP contribution in [-0.4, -0.2) is 44.9 Å². The third-order valence-electron chi connectivity index (χ3n) is 6.42. The lowest BCUT2D eigenvalue weighted by Crippen LogP contribution is -2.35. The molecule has 5 nitrogen and oxygen atoms in total. The number of sulfone groups is 1. The molecule has 0 spiro atoms. The second-order valence-corrected chi connectivity index (χ2v) is 12.7. The molecular weight excluding hydrogens is 470 g/mol. The van der Waals surface area contributed by atoms with Gasteiger partial charge in [0.15, 0.2) is 9.84 Å². The van der Waals surface area contributed by atoms with Crippen LogP contribution in [0.3, 0.4) is 0 Å². The van der Waals surface area contributed by atoms with Gasteiger partial charge in [-0.2, -0.15) is 0 Å². The van der Waals surface area contributed by atoms with Gasteiger partial charge in [0.1, 0.15) is 17.1 Å². The molecule has 0 amide bonds. The van der Waals surface area contributed by atoms with E-state index in [-0.39, 0.29) is 5.60 Å². The Bertz CT molecular complexity index is 1220. The third kappa shape index (κ3) is 7.58. The molecule has 1 saturated heterocycles. The number of benzene rings is 3. The van der Waals surface area contributed by atoms with Crippen LogP contribution in [0.5, 0.6) is 11.5 Å². The fourth-order valence-corrected chi connectivity index (χ4v) is 5.07. The summed E-state index contributed by atoms with van der Waals surface area (Å²) >= 11 is 0. The molecule has 0 saturated carbocycles. The summed E-state index contributed by atoms with van der Waals surface area (Å²) in [5.74, 6) is 2.35. The smallest absolute Gasteiger partial charge is 0.175 e. The van der Waals surface area contributed by atoms with Gasteiger partial charge >= 0.3 is 0 Å². The molecule has 192 valence electrons. The third-order valence-corrected chi connectivity index (χ3v) is 7.55. The molecule has 3 aromatic rings. The molecule has 0 N–H and O–H groups in total. The molecule has 0 unspecified atom stereocenters. The number of nitrogens with zero attached hydrogens (tertiary/aromatic N) is 1. The fourth-order valence-electron chi connectivity index (χ4n) is 4.44. The van der Waals surface area contributed by atoms with Crippen molar-refractivity contribution in [3.05, 3.63) is 78.4 Å². The predicted octanol–water partition coefficient (Wildman–Crippen LogP) is 6.23. The zero-order valence-electron chi connectivity index (χ0n) is 21.7. The summed E-state index contributed by atoms with van der Waals surface area (Å²) in [5, 5.41) is 0. The van der Waals surface area contributed by atoms with Gasteiger partial charge in [0.25, 0.3) is 0 Å². The van der Waals surface area contributed by atoms with E-state index in [2.05, 4.69) is 49.9 Å². The van der Waals surface area contributed by atoms with Gasteiger partial charge in [0.2, 0.25) is 0 Å². The Morgan fingerprint density at radius 2 is 1.33 bits per heavy atom. The zero-order valence-corrected chi connectivity index (χ0v) is 22.6. The number of piperidine rings is 1. The van der Waals surface area contributed by atoms with Crippen molar-refractivity contribution >= 4 is 9.84 Å². The second-order valence-electron chi connectivity index (χ2n) is 10.7. The highest BCUT2D eigenvalue weighted by molar-refractivity contribution is 7.90. The Kier molecular flexibility index (Phi) is 8.06. The van der Waals surface area contributed by atoms with Crippen molar-refractivity contribution in [3.63, 3.8) is 0 Å². The molecule has 1 heterocycles. The van der Waals surface area contributed by atoms with Crippen molar-refractivity contribution in [2.24, 2.45) is 5.92 Å². The Labute approximate surface area is 216 Å². The van der Waals surface area contributed by atoms with E-state index < -0.39 is 9.84 Å². The lowest BCUT2D eigenvalue weighted by molar-refractivity contribution is 0.130. The summed E-state index contributed by atoms with van der Waals surface area (Å²) in [4.78, 5) is 2.85. The maximum Gasteiger partial charge on any atom is 0.175 e. The van der Waals surface area contributed by atoms with Crippen molar-refractivity contribution in [3.8, 4) is 22.6 Å². The first-order valence-corrected chi connectivity index (χ1v) is 14.5. The zero-order chi connectivity index (χ0) is 25.8. The minimum absolute atomic E-state index is 0.179. The largest absolute Gasteiger partial charge is 0.493 e. The summed E-state index contributed by atoms with van der Waals surface area (Å²) in [7, 11) is -3.18. The number of ether oxygens (including phenoxy) is 2. The maximum atomic E-state index is 11.7. The SMILES string of the molecule is CC(C)(C)Oc1ccc(CN2CCC(COc3ccc(-c4ccc(S(C)(=O)=O)cc4)cc3)CC2)cc1. The summed E-state index contributed by atoms with van der Waals surface area (Å²) < 4.78 is 35.3. The lowest BCUT2D eigenvalue weighted by atomic mass is 9.97. The van der Waals surface area contributed by atoms with Gasteiger partial charge in [-0.15, -0.1) is 0 Å². The van der Waals surface area contributed by atoms with Crippen LogP contribution in [0.4, 0.5) is 0 Å². The molecule has 0 aliphatic carbocycles. The summed E-state index contributed by atoms with van der Waals surface area (Å²) in [6.07, 6.45) is 3.49. The van der Waals surface area contributed by atoms with Crippen molar-refractivity contribution in [2.45, 2.75) is 50.7 Å². The highest BCUT2D eigenvalue weighted by Crippen LogP contribution is 2.26. The van der Waals surface area contributed by atoms with E-state index in [9.17, 15) is 8.42 Å². The van der Waals surface area contributed by atoms with Crippen molar-refractivity contribution in [1.82, 2.24) is 4.90 Å². The van der Waals surface area contributed by atoms with Crippen LogP contribution in [0.1, 0.15) is 39.2 Å². The van der Waals surface area contributed by atoms with Gasteiger partial charge in [-0.25, -0.2) is 8.42 Å². The molecule has 3 aromatic carbocycles. The highest BCUT2D eigenvalue weighted by atomic mass is 32.2. The summed E-state index contributed by atoms with van der Waals surface area (Å²) in [6.45, 7) is 10.0. The van der Waals surface area contributed by atoms with Gasteiger partial charge in [-0.3, -0.25) is 4.90 Å². The predicted molar refractivity (Wildman–Crippen MR) is 145 cm³/mol. The van der Waals surface area contributed by atoms with Crippen LogP contribution in [0.15, 0.2) is 77.7 Å². The van der Waals surface area contributed by atoms with Crippen LogP contribution >= 0.6 is 0 Å². The summed E-state index contributed by atoms with van der Waals surface area (Å²) in [5.41, 5.74) is 3.16. The molecule has 4 rings (SSSR count). The number of hydrogen-bond acceptors (Lipinski definition) is 5. The topological polar surface area (TPSA) is 55.8 Å². The molecule has 0 aromatic heterocycles. The number of hydrogen-bond donors (Lipinski definition) is 0. The van der Waals surface area contributed by atoms with Crippen molar-refractivity contribution in [2.75, 3.05) is 26.0 Å². The average molecular weight is 508 g/mol.